The van der Waals surface area contributed by atoms with E-state index in [4.69, 9.17) is 0 Å². The van der Waals surface area contributed by atoms with Crippen LogP contribution in [0.3, 0.4) is 0 Å². The standard InChI is InChI=1S/C15H20N4/c1-4-13-15-18-17-14(19(15)9-8-16-13)12-7-5-6-10(2)11(12)3/h5-7,13,16H,4,8-9H2,1-3H3. The molecular formula is C15H20N4. The Bertz CT molecular complexity index is 600. The minimum absolute atomic E-state index is 0.333. The molecule has 0 fully saturated rings. The average Bonchev–Trinajstić information content (AvgIpc) is 2.85. The summed E-state index contributed by atoms with van der Waals surface area (Å²) < 4.78 is 2.27. The maximum Gasteiger partial charge on any atom is 0.164 e. The van der Waals surface area contributed by atoms with E-state index in [1.807, 2.05) is 0 Å². The molecule has 100 valence electrons. The van der Waals surface area contributed by atoms with Crippen LogP contribution in [-0.4, -0.2) is 21.3 Å². The van der Waals surface area contributed by atoms with E-state index >= 15 is 0 Å². The minimum atomic E-state index is 0.333. The lowest BCUT2D eigenvalue weighted by atomic mass is 10.0. The van der Waals surface area contributed by atoms with Gasteiger partial charge in [-0.3, -0.25) is 0 Å². The van der Waals surface area contributed by atoms with E-state index < -0.39 is 0 Å². The summed E-state index contributed by atoms with van der Waals surface area (Å²) in [7, 11) is 0. The largest absolute Gasteiger partial charge is 0.308 e. The second-order valence-electron chi connectivity index (χ2n) is 5.20. The molecule has 1 N–H and O–H groups in total. The Morgan fingerprint density at radius 1 is 1.32 bits per heavy atom. The predicted octanol–water partition coefficient (Wildman–Crippen LogP) is 2.62. The van der Waals surface area contributed by atoms with Crippen LogP contribution in [0.4, 0.5) is 0 Å². The summed E-state index contributed by atoms with van der Waals surface area (Å²) in [5, 5.41) is 12.3. The van der Waals surface area contributed by atoms with E-state index in [0.717, 1.165) is 31.2 Å². The molecule has 1 atom stereocenters. The molecule has 1 aliphatic heterocycles. The fraction of sp³-hybridized carbons (Fsp3) is 0.467. The van der Waals surface area contributed by atoms with Crippen LogP contribution in [0.25, 0.3) is 11.4 Å². The van der Waals surface area contributed by atoms with Gasteiger partial charge >= 0.3 is 0 Å². The first-order chi connectivity index (χ1) is 9.22. The zero-order valence-electron chi connectivity index (χ0n) is 11.8. The summed E-state index contributed by atoms with van der Waals surface area (Å²) in [6, 6.07) is 6.71. The summed E-state index contributed by atoms with van der Waals surface area (Å²) >= 11 is 0. The van der Waals surface area contributed by atoms with Crippen molar-refractivity contribution in [1.82, 2.24) is 20.1 Å². The summed E-state index contributed by atoms with van der Waals surface area (Å²) in [6.45, 7) is 8.41. The summed E-state index contributed by atoms with van der Waals surface area (Å²) in [4.78, 5) is 0. The summed E-state index contributed by atoms with van der Waals surface area (Å²) in [5.74, 6) is 2.08. The van der Waals surface area contributed by atoms with Gasteiger partial charge in [-0.1, -0.05) is 25.1 Å². The molecule has 3 rings (SSSR count). The van der Waals surface area contributed by atoms with Crippen LogP contribution in [-0.2, 0) is 6.54 Å². The molecule has 1 aromatic carbocycles. The van der Waals surface area contributed by atoms with E-state index in [1.165, 1.54) is 16.7 Å². The Morgan fingerprint density at radius 3 is 2.95 bits per heavy atom. The Kier molecular flexibility index (Phi) is 3.11. The SMILES string of the molecule is CCC1NCCn2c(-c3cccc(C)c3C)nnc21. The quantitative estimate of drug-likeness (QED) is 0.898. The van der Waals surface area contributed by atoms with Gasteiger partial charge in [-0.15, -0.1) is 10.2 Å². The highest BCUT2D eigenvalue weighted by Crippen LogP contribution is 2.28. The number of rotatable bonds is 2. The highest BCUT2D eigenvalue weighted by molar-refractivity contribution is 5.62. The topological polar surface area (TPSA) is 42.7 Å². The minimum Gasteiger partial charge on any atom is -0.308 e. The van der Waals surface area contributed by atoms with E-state index in [0.29, 0.717) is 6.04 Å². The molecule has 2 aromatic rings. The molecule has 0 saturated carbocycles. The Morgan fingerprint density at radius 2 is 2.16 bits per heavy atom. The predicted molar refractivity (Wildman–Crippen MR) is 76.0 cm³/mol. The molecule has 2 heterocycles. The average molecular weight is 256 g/mol. The third kappa shape index (κ3) is 1.96. The van der Waals surface area contributed by atoms with Crippen molar-refractivity contribution in [2.24, 2.45) is 0 Å². The molecule has 4 nitrogen and oxygen atoms in total. The molecule has 1 unspecified atom stereocenters. The lowest BCUT2D eigenvalue weighted by molar-refractivity contribution is 0.407. The number of fused-ring (bicyclic) bond motifs is 1. The normalized spacial score (nSPS) is 18.4. The molecule has 19 heavy (non-hydrogen) atoms. The van der Waals surface area contributed by atoms with Crippen LogP contribution in [0.1, 0.15) is 36.3 Å². The number of aromatic nitrogens is 3. The van der Waals surface area contributed by atoms with Crippen molar-refractivity contribution in [3.8, 4) is 11.4 Å². The number of benzene rings is 1. The molecule has 0 radical (unpaired) electrons. The zero-order chi connectivity index (χ0) is 13.4. The van der Waals surface area contributed by atoms with Crippen molar-refractivity contribution in [2.75, 3.05) is 6.54 Å². The van der Waals surface area contributed by atoms with Crippen LogP contribution in [0.2, 0.25) is 0 Å². The van der Waals surface area contributed by atoms with Crippen molar-refractivity contribution < 1.29 is 0 Å². The van der Waals surface area contributed by atoms with Crippen LogP contribution in [0, 0.1) is 13.8 Å². The fourth-order valence-corrected chi connectivity index (χ4v) is 2.75. The van der Waals surface area contributed by atoms with Crippen LogP contribution in [0.5, 0.6) is 0 Å². The number of hydrogen-bond donors (Lipinski definition) is 1. The molecule has 0 spiro atoms. The summed E-state index contributed by atoms with van der Waals surface area (Å²) in [6.07, 6.45) is 1.05. The molecule has 1 aromatic heterocycles. The van der Waals surface area contributed by atoms with Gasteiger partial charge in [0.25, 0.3) is 0 Å². The highest BCUT2D eigenvalue weighted by Gasteiger charge is 2.24. The number of nitrogens with one attached hydrogen (secondary N) is 1. The number of aryl methyl sites for hydroxylation is 1. The fourth-order valence-electron chi connectivity index (χ4n) is 2.75. The number of hydrogen-bond acceptors (Lipinski definition) is 3. The molecule has 0 bridgehead atoms. The zero-order valence-corrected chi connectivity index (χ0v) is 11.8. The van der Waals surface area contributed by atoms with Gasteiger partial charge < -0.3 is 9.88 Å². The third-order valence-corrected chi connectivity index (χ3v) is 4.07. The lowest BCUT2D eigenvalue weighted by Gasteiger charge is -2.24. The van der Waals surface area contributed by atoms with Gasteiger partial charge in [0.15, 0.2) is 11.6 Å². The maximum absolute atomic E-state index is 4.44. The van der Waals surface area contributed by atoms with Gasteiger partial charge in [-0.25, -0.2) is 0 Å². The second kappa shape index (κ2) is 4.78. The lowest BCUT2D eigenvalue weighted by Crippen LogP contribution is -2.33. The molecule has 4 heteroatoms. The van der Waals surface area contributed by atoms with E-state index in [1.54, 1.807) is 0 Å². The van der Waals surface area contributed by atoms with E-state index in [2.05, 4.69) is 59.1 Å². The first kappa shape index (κ1) is 12.4. The second-order valence-corrected chi connectivity index (χ2v) is 5.20. The van der Waals surface area contributed by atoms with Crippen LogP contribution in [0.15, 0.2) is 18.2 Å². The first-order valence-electron chi connectivity index (χ1n) is 6.95. The molecule has 1 aliphatic rings. The van der Waals surface area contributed by atoms with Gasteiger partial charge in [0.05, 0.1) is 6.04 Å². The smallest absolute Gasteiger partial charge is 0.164 e. The van der Waals surface area contributed by atoms with Gasteiger partial charge in [-0.05, 0) is 31.4 Å². The van der Waals surface area contributed by atoms with Gasteiger partial charge in [0.1, 0.15) is 0 Å². The van der Waals surface area contributed by atoms with Crippen LogP contribution >= 0.6 is 0 Å². The van der Waals surface area contributed by atoms with E-state index in [-0.39, 0.29) is 0 Å². The third-order valence-electron chi connectivity index (χ3n) is 4.07. The number of nitrogens with zero attached hydrogens (tertiary/aromatic N) is 3. The van der Waals surface area contributed by atoms with Crippen molar-refractivity contribution in [3.05, 3.63) is 35.2 Å². The Hall–Kier alpha value is -1.68. The van der Waals surface area contributed by atoms with Crippen LogP contribution < -0.4 is 5.32 Å². The highest BCUT2D eigenvalue weighted by atomic mass is 15.3. The van der Waals surface area contributed by atoms with Gasteiger partial charge in [0.2, 0.25) is 0 Å². The van der Waals surface area contributed by atoms with E-state index in [9.17, 15) is 0 Å². The van der Waals surface area contributed by atoms with Crippen molar-refractivity contribution in [1.29, 1.82) is 0 Å². The Balaban J connectivity index is 2.12. The van der Waals surface area contributed by atoms with Crippen molar-refractivity contribution >= 4 is 0 Å². The Labute approximate surface area is 113 Å². The molecule has 0 saturated heterocycles. The first-order valence-corrected chi connectivity index (χ1v) is 6.95. The van der Waals surface area contributed by atoms with Crippen molar-refractivity contribution in [3.63, 3.8) is 0 Å². The van der Waals surface area contributed by atoms with Gasteiger partial charge in [0, 0.05) is 18.7 Å². The maximum atomic E-state index is 4.44. The molecule has 0 amide bonds. The molecular weight excluding hydrogens is 236 g/mol. The van der Waals surface area contributed by atoms with Crippen molar-refractivity contribution in [2.45, 2.75) is 39.8 Å². The monoisotopic (exact) mass is 256 g/mol. The molecule has 0 aliphatic carbocycles. The van der Waals surface area contributed by atoms with Gasteiger partial charge in [-0.2, -0.15) is 0 Å². The summed E-state index contributed by atoms with van der Waals surface area (Å²) in [5.41, 5.74) is 3.80.